The molecule has 3 aromatic rings. The molecule has 0 bridgehead atoms. The van der Waals surface area contributed by atoms with Crippen molar-refractivity contribution in [3.05, 3.63) is 40.4 Å². The molecule has 10 nitrogen and oxygen atoms in total. The molecule has 0 saturated heterocycles. The first-order valence-electron chi connectivity index (χ1n) is 8.08. The number of aromatic nitrogens is 3. The third-order valence-electron chi connectivity index (χ3n) is 4.06. The van der Waals surface area contributed by atoms with Gasteiger partial charge in [0.25, 0.3) is 0 Å². The van der Waals surface area contributed by atoms with Crippen molar-refractivity contribution in [3.63, 3.8) is 0 Å². The lowest BCUT2D eigenvalue weighted by molar-refractivity contribution is -0.385. The first-order valence-corrected chi connectivity index (χ1v) is 8.08. The summed E-state index contributed by atoms with van der Waals surface area (Å²) in [6, 6.07) is 7.96. The Balaban J connectivity index is 2.04. The van der Waals surface area contributed by atoms with Gasteiger partial charge in [-0.2, -0.15) is 5.10 Å². The fourth-order valence-electron chi connectivity index (χ4n) is 2.71. The normalized spacial score (nSPS) is 10.4. The summed E-state index contributed by atoms with van der Waals surface area (Å²) in [6.07, 6.45) is 0. The quantitative estimate of drug-likeness (QED) is 0.486. The highest BCUT2D eigenvalue weighted by Crippen LogP contribution is 2.40. The maximum Gasteiger partial charge on any atom is 0.311 e. The van der Waals surface area contributed by atoms with Gasteiger partial charge < -0.3 is 18.9 Å². The number of nitrogens with zero attached hydrogens (tertiary/aromatic N) is 3. The number of ether oxygens (including phenoxy) is 4. The SMILES string of the molecule is COc1ccc(-c2n[nH]c(-c3cc(OC)c(OC)c(OC)c3)n2)cc1[N+](=O)[O-]. The molecule has 1 N–H and O–H groups in total. The molecule has 3 rings (SSSR count). The highest BCUT2D eigenvalue weighted by molar-refractivity contribution is 5.69. The number of rotatable bonds is 7. The summed E-state index contributed by atoms with van der Waals surface area (Å²) in [7, 11) is 5.92. The molecule has 0 fully saturated rings. The van der Waals surface area contributed by atoms with E-state index in [0.717, 1.165) is 0 Å². The zero-order chi connectivity index (χ0) is 20.3. The summed E-state index contributed by atoms with van der Waals surface area (Å²) in [6.45, 7) is 0. The van der Waals surface area contributed by atoms with E-state index in [4.69, 9.17) is 18.9 Å². The average Bonchev–Trinajstić information content (AvgIpc) is 3.22. The zero-order valence-corrected chi connectivity index (χ0v) is 15.7. The Morgan fingerprint density at radius 2 is 1.54 bits per heavy atom. The smallest absolute Gasteiger partial charge is 0.311 e. The molecule has 0 saturated carbocycles. The van der Waals surface area contributed by atoms with Crippen LogP contribution >= 0.6 is 0 Å². The van der Waals surface area contributed by atoms with Crippen LogP contribution in [0, 0.1) is 10.1 Å². The molecule has 0 spiro atoms. The fraction of sp³-hybridized carbons (Fsp3) is 0.222. The van der Waals surface area contributed by atoms with Gasteiger partial charge in [-0.25, -0.2) is 4.98 Å². The van der Waals surface area contributed by atoms with Gasteiger partial charge in [-0.3, -0.25) is 15.2 Å². The lowest BCUT2D eigenvalue weighted by Crippen LogP contribution is -1.96. The Bertz CT molecular complexity index is 992. The van der Waals surface area contributed by atoms with Crippen molar-refractivity contribution in [2.24, 2.45) is 0 Å². The van der Waals surface area contributed by atoms with Gasteiger partial charge >= 0.3 is 5.69 Å². The van der Waals surface area contributed by atoms with Crippen molar-refractivity contribution in [1.29, 1.82) is 0 Å². The molecule has 0 amide bonds. The molecular weight excluding hydrogens is 368 g/mol. The summed E-state index contributed by atoms with van der Waals surface area (Å²) in [5.41, 5.74) is 0.956. The third-order valence-corrected chi connectivity index (χ3v) is 4.06. The Labute approximate surface area is 160 Å². The molecule has 1 aromatic heterocycles. The van der Waals surface area contributed by atoms with E-state index in [-0.39, 0.29) is 11.4 Å². The summed E-state index contributed by atoms with van der Waals surface area (Å²) in [5, 5.41) is 18.2. The molecule has 10 heteroatoms. The van der Waals surface area contributed by atoms with Crippen LogP contribution in [0.4, 0.5) is 5.69 Å². The Morgan fingerprint density at radius 3 is 2.07 bits per heavy atom. The topological polar surface area (TPSA) is 122 Å². The van der Waals surface area contributed by atoms with E-state index >= 15 is 0 Å². The molecule has 0 aliphatic heterocycles. The first-order chi connectivity index (χ1) is 13.5. The van der Waals surface area contributed by atoms with Crippen LogP contribution in [0.15, 0.2) is 30.3 Å². The van der Waals surface area contributed by atoms with Crippen molar-refractivity contribution in [3.8, 4) is 45.8 Å². The number of benzene rings is 2. The van der Waals surface area contributed by atoms with Gasteiger partial charge in [0, 0.05) is 17.2 Å². The number of nitrogens with one attached hydrogen (secondary N) is 1. The van der Waals surface area contributed by atoms with Gasteiger partial charge in [0.2, 0.25) is 5.75 Å². The third kappa shape index (κ3) is 3.39. The van der Waals surface area contributed by atoms with E-state index < -0.39 is 4.92 Å². The number of methoxy groups -OCH3 is 4. The van der Waals surface area contributed by atoms with Crippen LogP contribution < -0.4 is 18.9 Å². The predicted molar refractivity (Wildman–Crippen MR) is 100 cm³/mol. The van der Waals surface area contributed by atoms with Gasteiger partial charge in [-0.1, -0.05) is 0 Å². The largest absolute Gasteiger partial charge is 0.493 e. The van der Waals surface area contributed by atoms with Gasteiger partial charge in [0.15, 0.2) is 28.9 Å². The molecule has 0 unspecified atom stereocenters. The van der Waals surface area contributed by atoms with E-state index in [9.17, 15) is 10.1 Å². The van der Waals surface area contributed by atoms with Crippen LogP contribution in [0.1, 0.15) is 0 Å². The lowest BCUT2D eigenvalue weighted by Gasteiger charge is -2.13. The van der Waals surface area contributed by atoms with E-state index in [0.29, 0.717) is 40.0 Å². The first kappa shape index (κ1) is 19.0. The number of nitro benzene ring substituents is 1. The maximum atomic E-state index is 11.2. The average molecular weight is 386 g/mol. The van der Waals surface area contributed by atoms with Crippen LogP contribution in [0.2, 0.25) is 0 Å². The van der Waals surface area contributed by atoms with E-state index in [1.54, 1.807) is 18.2 Å². The molecular formula is C18H18N4O6. The number of aromatic amines is 1. The Kier molecular flexibility index (Phi) is 5.30. The highest BCUT2D eigenvalue weighted by atomic mass is 16.6. The van der Waals surface area contributed by atoms with Gasteiger partial charge in [-0.05, 0) is 24.3 Å². The van der Waals surface area contributed by atoms with Crippen molar-refractivity contribution in [1.82, 2.24) is 15.2 Å². The molecule has 0 aliphatic carbocycles. The Hall–Kier alpha value is -3.82. The lowest BCUT2D eigenvalue weighted by atomic mass is 10.1. The highest BCUT2D eigenvalue weighted by Gasteiger charge is 2.19. The minimum absolute atomic E-state index is 0.161. The molecule has 146 valence electrons. The van der Waals surface area contributed by atoms with Gasteiger partial charge in [-0.15, -0.1) is 0 Å². The summed E-state index contributed by atoms with van der Waals surface area (Å²) < 4.78 is 21.0. The number of hydrogen-bond donors (Lipinski definition) is 1. The predicted octanol–water partition coefficient (Wildman–Crippen LogP) is 3.08. The van der Waals surface area contributed by atoms with Crippen molar-refractivity contribution in [2.75, 3.05) is 28.4 Å². The van der Waals surface area contributed by atoms with Crippen molar-refractivity contribution >= 4 is 5.69 Å². The van der Waals surface area contributed by atoms with Crippen LogP contribution in [-0.2, 0) is 0 Å². The summed E-state index contributed by atoms with van der Waals surface area (Å²) in [4.78, 5) is 15.1. The second-order valence-electron chi connectivity index (χ2n) is 5.57. The van der Waals surface area contributed by atoms with Crippen molar-refractivity contribution < 1.29 is 23.9 Å². The molecule has 0 aliphatic rings. The van der Waals surface area contributed by atoms with Gasteiger partial charge in [0.05, 0.1) is 33.4 Å². The van der Waals surface area contributed by atoms with Crippen molar-refractivity contribution in [2.45, 2.75) is 0 Å². The van der Waals surface area contributed by atoms with Crippen LogP contribution in [0.3, 0.4) is 0 Å². The number of H-pyrrole nitrogens is 1. The molecule has 0 atom stereocenters. The fourth-order valence-corrected chi connectivity index (χ4v) is 2.71. The monoisotopic (exact) mass is 386 g/mol. The summed E-state index contributed by atoms with van der Waals surface area (Å²) >= 11 is 0. The minimum Gasteiger partial charge on any atom is -0.493 e. The number of nitro groups is 1. The minimum atomic E-state index is -0.519. The maximum absolute atomic E-state index is 11.2. The second kappa shape index (κ2) is 7.82. The number of hydrogen-bond acceptors (Lipinski definition) is 8. The van der Waals surface area contributed by atoms with E-state index in [1.165, 1.54) is 40.6 Å². The van der Waals surface area contributed by atoms with Gasteiger partial charge in [0.1, 0.15) is 0 Å². The van der Waals surface area contributed by atoms with Crippen LogP contribution in [0.5, 0.6) is 23.0 Å². The summed E-state index contributed by atoms with van der Waals surface area (Å²) in [5.74, 6) is 2.29. The molecule has 1 heterocycles. The Morgan fingerprint density at radius 1 is 0.893 bits per heavy atom. The van der Waals surface area contributed by atoms with E-state index in [1.807, 2.05) is 0 Å². The van der Waals surface area contributed by atoms with Crippen LogP contribution in [-0.4, -0.2) is 48.5 Å². The standard InChI is InChI=1S/C18H18N4O6/c1-25-13-6-5-10(7-12(13)22(23)24)17-19-18(21-20-17)11-8-14(26-2)16(28-4)15(9-11)27-3/h5-9H,1-4H3,(H,19,20,21). The molecule has 0 radical (unpaired) electrons. The van der Waals surface area contributed by atoms with Crippen LogP contribution in [0.25, 0.3) is 22.8 Å². The van der Waals surface area contributed by atoms with E-state index in [2.05, 4.69) is 15.2 Å². The molecule has 2 aromatic carbocycles. The second-order valence-corrected chi connectivity index (χ2v) is 5.57. The molecule has 28 heavy (non-hydrogen) atoms. The zero-order valence-electron chi connectivity index (χ0n) is 15.7.